The van der Waals surface area contributed by atoms with Crippen molar-refractivity contribution in [3.63, 3.8) is 0 Å². The maximum Gasteiger partial charge on any atom is 0.252 e. The number of hydrogen-bond donors (Lipinski definition) is 1. The fourth-order valence-electron chi connectivity index (χ4n) is 1.86. The van der Waals surface area contributed by atoms with Crippen LogP contribution in [0.1, 0.15) is 24.1 Å². The summed E-state index contributed by atoms with van der Waals surface area (Å²) in [5.41, 5.74) is 6.47. The fourth-order valence-corrected chi connectivity index (χ4v) is 1.86. The second-order valence-electron chi connectivity index (χ2n) is 4.08. The molecule has 1 aromatic rings. The van der Waals surface area contributed by atoms with E-state index in [0.29, 0.717) is 5.69 Å². The predicted molar refractivity (Wildman–Crippen MR) is 49.0 cm³/mol. The Morgan fingerprint density at radius 2 is 2.07 bits per heavy atom. The van der Waals surface area contributed by atoms with E-state index in [-0.39, 0.29) is 12.8 Å². The van der Waals surface area contributed by atoms with Crippen LogP contribution >= 0.6 is 0 Å². The highest BCUT2D eigenvalue weighted by molar-refractivity contribution is 5.25. The molecule has 0 atom stereocenters. The smallest absolute Gasteiger partial charge is 0.252 e. The molecule has 1 fully saturated rings. The van der Waals surface area contributed by atoms with E-state index in [1.165, 1.54) is 0 Å². The van der Waals surface area contributed by atoms with Crippen LogP contribution in [-0.2, 0) is 5.54 Å². The zero-order valence-corrected chi connectivity index (χ0v) is 7.93. The molecule has 0 aliphatic heterocycles. The van der Waals surface area contributed by atoms with Crippen LogP contribution in [0.15, 0.2) is 18.3 Å². The number of nitrogens with two attached hydrogens (primary N) is 1. The Bertz CT molecular complexity index is 355. The van der Waals surface area contributed by atoms with Crippen LogP contribution in [-0.4, -0.2) is 10.9 Å². The summed E-state index contributed by atoms with van der Waals surface area (Å²) in [6, 6.07) is 3.60. The predicted octanol–water partition coefficient (Wildman–Crippen LogP) is 1.97. The molecule has 2 N–H and O–H groups in total. The van der Waals surface area contributed by atoms with E-state index in [4.69, 9.17) is 5.73 Å². The van der Waals surface area contributed by atoms with Crippen LogP contribution in [0.3, 0.4) is 0 Å². The van der Waals surface area contributed by atoms with Crippen molar-refractivity contribution in [2.45, 2.75) is 31.2 Å². The average molecular weight is 198 g/mol. The maximum absolute atomic E-state index is 12.7. The Morgan fingerprint density at radius 1 is 1.43 bits per heavy atom. The lowest BCUT2D eigenvalue weighted by molar-refractivity contribution is -0.126. The van der Waals surface area contributed by atoms with Gasteiger partial charge in [-0.15, -0.1) is 0 Å². The fraction of sp³-hybridized carbons (Fsp3) is 0.500. The van der Waals surface area contributed by atoms with E-state index in [0.717, 1.165) is 5.56 Å². The van der Waals surface area contributed by atoms with Crippen molar-refractivity contribution < 1.29 is 8.78 Å². The Labute approximate surface area is 81.1 Å². The summed E-state index contributed by atoms with van der Waals surface area (Å²) in [4.78, 5) is 4.04. The van der Waals surface area contributed by atoms with Crippen LogP contribution in [0.2, 0.25) is 0 Å². The lowest BCUT2D eigenvalue weighted by Crippen LogP contribution is -2.55. The first kappa shape index (κ1) is 9.52. The number of hydrogen-bond acceptors (Lipinski definition) is 2. The number of alkyl halides is 2. The molecule has 14 heavy (non-hydrogen) atoms. The van der Waals surface area contributed by atoms with E-state index in [1.54, 1.807) is 12.3 Å². The normalized spacial score (nSPS) is 22.9. The van der Waals surface area contributed by atoms with Gasteiger partial charge in [0, 0.05) is 19.0 Å². The Kier molecular flexibility index (Phi) is 1.86. The Hall–Kier alpha value is -1.03. The molecular weight excluding hydrogens is 186 g/mol. The largest absolute Gasteiger partial charge is 0.320 e. The first-order valence-corrected chi connectivity index (χ1v) is 4.51. The Morgan fingerprint density at radius 3 is 2.57 bits per heavy atom. The third-order valence-electron chi connectivity index (χ3n) is 2.57. The SMILES string of the molecule is Cc1ccnc(C2(N)CC(F)(F)C2)c1. The molecule has 1 aromatic heterocycles. The molecule has 0 amide bonds. The molecule has 0 bridgehead atoms. The number of aromatic nitrogens is 1. The number of aryl methyl sites for hydroxylation is 1. The van der Waals surface area contributed by atoms with Crippen LogP contribution in [0.4, 0.5) is 8.78 Å². The standard InChI is InChI=1S/C10H12F2N2/c1-7-2-3-14-8(4-7)9(13)5-10(11,12)6-9/h2-4H,5-6,13H2,1H3. The van der Waals surface area contributed by atoms with E-state index >= 15 is 0 Å². The van der Waals surface area contributed by atoms with Gasteiger partial charge in [-0.05, 0) is 24.6 Å². The zero-order valence-electron chi connectivity index (χ0n) is 7.93. The second kappa shape index (κ2) is 2.73. The first-order valence-electron chi connectivity index (χ1n) is 4.51. The second-order valence-corrected chi connectivity index (χ2v) is 4.08. The summed E-state index contributed by atoms with van der Waals surface area (Å²) >= 11 is 0. The number of halogens is 2. The molecule has 0 unspecified atom stereocenters. The van der Waals surface area contributed by atoms with E-state index in [2.05, 4.69) is 4.98 Å². The minimum atomic E-state index is -2.61. The summed E-state index contributed by atoms with van der Waals surface area (Å²) in [6.07, 6.45) is 1.02. The van der Waals surface area contributed by atoms with Crippen molar-refractivity contribution in [3.8, 4) is 0 Å². The molecule has 2 rings (SSSR count). The molecule has 0 spiro atoms. The van der Waals surface area contributed by atoms with Gasteiger partial charge in [0.15, 0.2) is 0 Å². The first-order chi connectivity index (χ1) is 6.41. The topological polar surface area (TPSA) is 38.9 Å². The summed E-state index contributed by atoms with van der Waals surface area (Å²) in [5, 5.41) is 0. The number of pyridine rings is 1. The average Bonchev–Trinajstić information content (AvgIpc) is 2.00. The van der Waals surface area contributed by atoms with Gasteiger partial charge in [-0.2, -0.15) is 0 Å². The van der Waals surface area contributed by atoms with Gasteiger partial charge in [0.2, 0.25) is 0 Å². The van der Waals surface area contributed by atoms with Gasteiger partial charge >= 0.3 is 0 Å². The van der Waals surface area contributed by atoms with Crippen molar-refractivity contribution >= 4 is 0 Å². The van der Waals surface area contributed by atoms with Crippen LogP contribution in [0.5, 0.6) is 0 Å². The molecule has 1 heterocycles. The van der Waals surface area contributed by atoms with E-state index in [9.17, 15) is 8.78 Å². The van der Waals surface area contributed by atoms with Gasteiger partial charge < -0.3 is 5.73 Å². The monoisotopic (exact) mass is 198 g/mol. The summed E-state index contributed by atoms with van der Waals surface area (Å²) in [5.74, 6) is -2.61. The zero-order chi connectivity index (χ0) is 10.4. The van der Waals surface area contributed by atoms with Gasteiger partial charge in [0.1, 0.15) is 0 Å². The van der Waals surface area contributed by atoms with Crippen molar-refractivity contribution in [2.75, 3.05) is 0 Å². The quantitative estimate of drug-likeness (QED) is 0.749. The van der Waals surface area contributed by atoms with Gasteiger partial charge in [-0.1, -0.05) is 0 Å². The molecule has 0 radical (unpaired) electrons. The lowest BCUT2D eigenvalue weighted by atomic mass is 9.72. The minimum Gasteiger partial charge on any atom is -0.320 e. The highest BCUT2D eigenvalue weighted by Crippen LogP contribution is 2.49. The van der Waals surface area contributed by atoms with Crippen molar-refractivity contribution in [2.24, 2.45) is 5.73 Å². The lowest BCUT2D eigenvalue weighted by Gasteiger charge is -2.43. The molecule has 0 aromatic carbocycles. The van der Waals surface area contributed by atoms with E-state index < -0.39 is 11.5 Å². The molecule has 2 nitrogen and oxygen atoms in total. The van der Waals surface area contributed by atoms with Gasteiger partial charge in [0.05, 0.1) is 11.2 Å². The molecule has 1 saturated carbocycles. The Balaban J connectivity index is 2.25. The maximum atomic E-state index is 12.7. The molecule has 1 aliphatic carbocycles. The van der Waals surface area contributed by atoms with Crippen LogP contribution in [0, 0.1) is 6.92 Å². The molecule has 0 saturated heterocycles. The third kappa shape index (κ3) is 1.50. The van der Waals surface area contributed by atoms with Crippen LogP contribution < -0.4 is 5.73 Å². The third-order valence-corrected chi connectivity index (χ3v) is 2.57. The summed E-state index contributed by atoms with van der Waals surface area (Å²) < 4.78 is 25.4. The highest BCUT2D eigenvalue weighted by atomic mass is 19.3. The van der Waals surface area contributed by atoms with Crippen LogP contribution in [0.25, 0.3) is 0 Å². The number of nitrogens with zero attached hydrogens (tertiary/aromatic N) is 1. The molecule has 76 valence electrons. The minimum absolute atomic E-state index is 0.295. The summed E-state index contributed by atoms with van der Waals surface area (Å²) in [7, 11) is 0. The van der Waals surface area contributed by atoms with Crippen molar-refractivity contribution in [1.82, 2.24) is 4.98 Å². The molecular formula is C10H12F2N2. The number of rotatable bonds is 1. The van der Waals surface area contributed by atoms with Gasteiger partial charge in [-0.25, -0.2) is 8.78 Å². The van der Waals surface area contributed by atoms with Crippen molar-refractivity contribution in [3.05, 3.63) is 29.6 Å². The van der Waals surface area contributed by atoms with E-state index in [1.807, 2.05) is 13.0 Å². The van der Waals surface area contributed by atoms with Gasteiger partial charge in [-0.3, -0.25) is 4.98 Å². The van der Waals surface area contributed by atoms with Crippen molar-refractivity contribution in [1.29, 1.82) is 0 Å². The van der Waals surface area contributed by atoms with Gasteiger partial charge in [0.25, 0.3) is 5.92 Å². The highest BCUT2D eigenvalue weighted by Gasteiger charge is 2.55. The summed E-state index contributed by atoms with van der Waals surface area (Å²) in [6.45, 7) is 1.89. The molecule has 4 heteroatoms. The molecule has 1 aliphatic rings.